The van der Waals surface area contributed by atoms with Crippen LogP contribution in [-0.4, -0.2) is 32.4 Å². The molecule has 2 rings (SSSR count). The number of nitrogens with two attached hydrogens (primary N) is 1. The highest BCUT2D eigenvalue weighted by molar-refractivity contribution is 5.96. The van der Waals surface area contributed by atoms with Gasteiger partial charge in [-0.2, -0.15) is 0 Å². The fourth-order valence-electron chi connectivity index (χ4n) is 2.12. The zero-order valence-electron chi connectivity index (χ0n) is 11.3. The number of esters is 1. The first-order chi connectivity index (χ1) is 9.11. The van der Waals surface area contributed by atoms with Gasteiger partial charge in [-0.25, -0.2) is 4.79 Å². The van der Waals surface area contributed by atoms with Gasteiger partial charge >= 0.3 is 5.97 Å². The average molecular weight is 265 g/mol. The Bertz CT molecular complexity index is 467. The molecule has 0 bridgehead atoms. The number of benzene rings is 1. The SMILES string of the molecule is COC(=O)c1cc(C)cc(OCC2CCCO2)c1N. The van der Waals surface area contributed by atoms with Crippen LogP contribution in [0.25, 0.3) is 0 Å². The number of hydrogen-bond donors (Lipinski definition) is 1. The van der Waals surface area contributed by atoms with Crippen molar-refractivity contribution in [2.45, 2.75) is 25.9 Å². The Kier molecular flexibility index (Phi) is 4.27. The van der Waals surface area contributed by atoms with Crippen molar-refractivity contribution in [2.75, 3.05) is 26.1 Å². The van der Waals surface area contributed by atoms with Gasteiger partial charge in [-0.3, -0.25) is 0 Å². The third-order valence-electron chi connectivity index (χ3n) is 3.14. The molecule has 1 atom stereocenters. The smallest absolute Gasteiger partial charge is 0.340 e. The molecule has 1 aromatic carbocycles. The van der Waals surface area contributed by atoms with Crippen molar-refractivity contribution in [2.24, 2.45) is 0 Å². The Morgan fingerprint density at radius 3 is 2.95 bits per heavy atom. The molecule has 5 heteroatoms. The predicted molar refractivity (Wildman–Crippen MR) is 71.4 cm³/mol. The van der Waals surface area contributed by atoms with E-state index in [1.54, 1.807) is 6.07 Å². The summed E-state index contributed by atoms with van der Waals surface area (Å²) in [5.41, 5.74) is 7.50. The van der Waals surface area contributed by atoms with E-state index in [4.69, 9.17) is 19.9 Å². The van der Waals surface area contributed by atoms with Crippen molar-refractivity contribution in [1.29, 1.82) is 0 Å². The van der Waals surface area contributed by atoms with E-state index >= 15 is 0 Å². The molecule has 1 aromatic rings. The summed E-state index contributed by atoms with van der Waals surface area (Å²) in [5.74, 6) is 0.0547. The van der Waals surface area contributed by atoms with E-state index in [9.17, 15) is 4.79 Å². The van der Waals surface area contributed by atoms with E-state index < -0.39 is 5.97 Å². The first-order valence-electron chi connectivity index (χ1n) is 6.34. The summed E-state index contributed by atoms with van der Waals surface area (Å²) in [4.78, 5) is 11.6. The molecular formula is C14H19NO4. The molecule has 19 heavy (non-hydrogen) atoms. The maximum absolute atomic E-state index is 11.6. The summed E-state index contributed by atoms with van der Waals surface area (Å²) >= 11 is 0. The molecule has 0 saturated carbocycles. The maximum atomic E-state index is 11.6. The van der Waals surface area contributed by atoms with Crippen molar-refractivity contribution >= 4 is 11.7 Å². The van der Waals surface area contributed by atoms with Crippen LogP contribution in [0.5, 0.6) is 5.75 Å². The number of aryl methyl sites for hydroxylation is 1. The molecule has 104 valence electrons. The van der Waals surface area contributed by atoms with Gasteiger partial charge in [0.1, 0.15) is 12.4 Å². The largest absolute Gasteiger partial charge is 0.489 e. The summed E-state index contributed by atoms with van der Waals surface area (Å²) in [7, 11) is 1.33. The Hall–Kier alpha value is -1.75. The lowest BCUT2D eigenvalue weighted by Gasteiger charge is -2.15. The molecule has 1 unspecified atom stereocenters. The number of rotatable bonds is 4. The van der Waals surface area contributed by atoms with Crippen LogP contribution in [0.3, 0.4) is 0 Å². The fourth-order valence-corrected chi connectivity index (χ4v) is 2.12. The molecule has 0 aliphatic carbocycles. The number of carbonyl (C=O) groups is 1. The van der Waals surface area contributed by atoms with Gasteiger partial charge in [-0.05, 0) is 37.5 Å². The standard InChI is InChI=1S/C14H19NO4/c1-9-6-11(14(16)17-2)13(15)12(7-9)19-8-10-4-3-5-18-10/h6-7,10H,3-5,8,15H2,1-2H3. The minimum atomic E-state index is -0.455. The molecule has 1 fully saturated rings. The van der Waals surface area contributed by atoms with Gasteiger partial charge in [0.2, 0.25) is 0 Å². The average Bonchev–Trinajstić information content (AvgIpc) is 2.91. The van der Waals surface area contributed by atoms with Crippen LogP contribution in [0.2, 0.25) is 0 Å². The Morgan fingerprint density at radius 2 is 2.32 bits per heavy atom. The third kappa shape index (κ3) is 3.17. The van der Waals surface area contributed by atoms with Crippen LogP contribution < -0.4 is 10.5 Å². The third-order valence-corrected chi connectivity index (χ3v) is 3.14. The normalized spacial score (nSPS) is 18.3. The molecule has 1 aliphatic rings. The number of hydrogen-bond acceptors (Lipinski definition) is 5. The molecule has 1 heterocycles. The van der Waals surface area contributed by atoms with Crippen LogP contribution in [0.15, 0.2) is 12.1 Å². The number of methoxy groups -OCH3 is 1. The van der Waals surface area contributed by atoms with Crippen LogP contribution in [0.4, 0.5) is 5.69 Å². The molecular weight excluding hydrogens is 246 g/mol. The van der Waals surface area contributed by atoms with Crippen molar-refractivity contribution in [3.8, 4) is 5.75 Å². The van der Waals surface area contributed by atoms with E-state index in [0.717, 1.165) is 25.0 Å². The highest BCUT2D eigenvalue weighted by atomic mass is 16.5. The lowest BCUT2D eigenvalue weighted by atomic mass is 10.1. The summed E-state index contributed by atoms with van der Waals surface area (Å²) in [6.07, 6.45) is 2.17. The highest BCUT2D eigenvalue weighted by Crippen LogP contribution is 2.28. The van der Waals surface area contributed by atoms with Crippen LogP contribution in [-0.2, 0) is 9.47 Å². The van der Waals surface area contributed by atoms with Crippen LogP contribution >= 0.6 is 0 Å². The van der Waals surface area contributed by atoms with Gasteiger partial charge in [-0.1, -0.05) is 0 Å². The lowest BCUT2D eigenvalue weighted by molar-refractivity contribution is 0.0599. The molecule has 0 amide bonds. The topological polar surface area (TPSA) is 70.8 Å². The van der Waals surface area contributed by atoms with Crippen molar-refractivity contribution in [3.63, 3.8) is 0 Å². The minimum absolute atomic E-state index is 0.112. The van der Waals surface area contributed by atoms with E-state index in [0.29, 0.717) is 23.6 Å². The van der Waals surface area contributed by atoms with Gasteiger partial charge in [0.05, 0.1) is 24.5 Å². The molecule has 2 N–H and O–H groups in total. The van der Waals surface area contributed by atoms with Gasteiger partial charge < -0.3 is 19.9 Å². The van der Waals surface area contributed by atoms with E-state index in [-0.39, 0.29) is 6.10 Å². The second-order valence-corrected chi connectivity index (χ2v) is 4.66. The van der Waals surface area contributed by atoms with Gasteiger partial charge in [0.15, 0.2) is 0 Å². The first-order valence-corrected chi connectivity index (χ1v) is 6.34. The Balaban J connectivity index is 2.14. The zero-order valence-corrected chi connectivity index (χ0v) is 11.3. The summed E-state index contributed by atoms with van der Waals surface area (Å²) in [6, 6.07) is 3.51. The second-order valence-electron chi connectivity index (χ2n) is 4.66. The van der Waals surface area contributed by atoms with Crippen LogP contribution in [0.1, 0.15) is 28.8 Å². The first kappa shape index (κ1) is 13.7. The molecule has 5 nitrogen and oxygen atoms in total. The van der Waals surface area contributed by atoms with Crippen molar-refractivity contribution < 1.29 is 19.0 Å². The molecule has 1 aliphatic heterocycles. The maximum Gasteiger partial charge on any atom is 0.340 e. The van der Waals surface area contributed by atoms with E-state index in [1.165, 1.54) is 7.11 Å². The summed E-state index contributed by atoms with van der Waals surface area (Å²) in [6.45, 7) is 3.11. The minimum Gasteiger partial charge on any atom is -0.489 e. The van der Waals surface area contributed by atoms with Crippen molar-refractivity contribution in [1.82, 2.24) is 0 Å². The predicted octanol–water partition coefficient (Wildman–Crippen LogP) is 1.92. The molecule has 0 radical (unpaired) electrons. The number of anilines is 1. The second kappa shape index (κ2) is 5.93. The summed E-state index contributed by atoms with van der Waals surface area (Å²) in [5, 5.41) is 0. The Morgan fingerprint density at radius 1 is 1.53 bits per heavy atom. The zero-order chi connectivity index (χ0) is 13.8. The lowest BCUT2D eigenvalue weighted by Crippen LogP contribution is -2.17. The molecule has 0 spiro atoms. The van der Waals surface area contributed by atoms with Crippen LogP contribution in [0, 0.1) is 6.92 Å². The fraction of sp³-hybridized carbons (Fsp3) is 0.500. The van der Waals surface area contributed by atoms with Crippen molar-refractivity contribution in [3.05, 3.63) is 23.3 Å². The van der Waals surface area contributed by atoms with E-state index in [2.05, 4.69) is 0 Å². The quantitative estimate of drug-likeness (QED) is 0.665. The van der Waals surface area contributed by atoms with Gasteiger partial charge in [0, 0.05) is 6.61 Å². The number of nitrogen functional groups attached to an aromatic ring is 1. The highest BCUT2D eigenvalue weighted by Gasteiger charge is 2.19. The Labute approximate surface area is 112 Å². The number of ether oxygens (including phenoxy) is 3. The summed E-state index contributed by atoms with van der Waals surface area (Å²) < 4.78 is 15.9. The van der Waals surface area contributed by atoms with Gasteiger partial charge in [-0.15, -0.1) is 0 Å². The van der Waals surface area contributed by atoms with E-state index in [1.807, 2.05) is 13.0 Å². The molecule has 0 aromatic heterocycles. The molecule has 1 saturated heterocycles. The van der Waals surface area contributed by atoms with Gasteiger partial charge in [0.25, 0.3) is 0 Å². The number of carbonyl (C=O) groups excluding carboxylic acids is 1. The monoisotopic (exact) mass is 265 g/mol.